The summed E-state index contributed by atoms with van der Waals surface area (Å²) in [5.41, 5.74) is 5.91. The first-order valence-corrected chi connectivity index (χ1v) is 3.96. The van der Waals surface area contributed by atoms with Gasteiger partial charge in [-0.15, -0.1) is 0 Å². The Labute approximate surface area is 68.5 Å². The molecule has 0 aromatic heterocycles. The summed E-state index contributed by atoms with van der Waals surface area (Å²) in [7, 11) is 0. The van der Waals surface area contributed by atoms with Crippen molar-refractivity contribution >= 4 is 5.91 Å². The highest BCUT2D eigenvalue weighted by Gasteiger charge is 2.09. The number of carbonyl (C=O) groups is 1. The molecule has 0 bridgehead atoms. The van der Waals surface area contributed by atoms with Crippen molar-refractivity contribution in [3.05, 3.63) is 11.6 Å². The van der Waals surface area contributed by atoms with Crippen molar-refractivity contribution < 1.29 is 4.79 Å². The van der Waals surface area contributed by atoms with Crippen LogP contribution in [0.15, 0.2) is 11.6 Å². The standard InChI is InChI=1S/C9H17NO/c1-6(2)5-8(7(3)4)9(10)11/h5-7H,1-4H3,(H2,10,11)/b8-5-. The van der Waals surface area contributed by atoms with Crippen LogP contribution in [-0.2, 0) is 4.79 Å². The molecule has 0 aliphatic heterocycles. The fraction of sp³-hybridized carbons (Fsp3) is 0.667. The summed E-state index contributed by atoms with van der Waals surface area (Å²) in [5.74, 6) is 0.323. The first kappa shape index (κ1) is 10.2. The number of nitrogens with two attached hydrogens (primary N) is 1. The van der Waals surface area contributed by atoms with Gasteiger partial charge < -0.3 is 5.73 Å². The Morgan fingerprint density at radius 1 is 1.27 bits per heavy atom. The zero-order valence-electron chi connectivity index (χ0n) is 7.72. The van der Waals surface area contributed by atoms with E-state index in [4.69, 9.17) is 5.73 Å². The molecule has 0 spiro atoms. The van der Waals surface area contributed by atoms with Crippen molar-refractivity contribution in [2.75, 3.05) is 0 Å². The fourth-order valence-electron chi connectivity index (χ4n) is 0.918. The van der Waals surface area contributed by atoms with Crippen molar-refractivity contribution in [1.29, 1.82) is 0 Å². The second-order valence-electron chi connectivity index (χ2n) is 3.38. The van der Waals surface area contributed by atoms with Crippen LogP contribution >= 0.6 is 0 Å². The number of carbonyl (C=O) groups excluding carboxylic acids is 1. The topological polar surface area (TPSA) is 43.1 Å². The van der Waals surface area contributed by atoms with Gasteiger partial charge in [0.2, 0.25) is 5.91 Å². The lowest BCUT2D eigenvalue weighted by atomic mass is 9.99. The van der Waals surface area contributed by atoms with E-state index < -0.39 is 0 Å². The van der Waals surface area contributed by atoms with E-state index in [1.807, 2.05) is 33.8 Å². The van der Waals surface area contributed by atoms with Crippen LogP contribution in [0.25, 0.3) is 0 Å². The Kier molecular flexibility index (Phi) is 3.86. The lowest BCUT2D eigenvalue weighted by molar-refractivity contribution is -0.115. The van der Waals surface area contributed by atoms with E-state index in [9.17, 15) is 4.79 Å². The van der Waals surface area contributed by atoms with Crippen LogP contribution in [0.5, 0.6) is 0 Å². The number of hydrogen-bond donors (Lipinski definition) is 1. The van der Waals surface area contributed by atoms with E-state index >= 15 is 0 Å². The zero-order valence-corrected chi connectivity index (χ0v) is 7.72. The Balaban J connectivity index is 4.47. The van der Waals surface area contributed by atoms with Crippen molar-refractivity contribution in [1.82, 2.24) is 0 Å². The number of allylic oxidation sites excluding steroid dienone is 1. The maximum Gasteiger partial charge on any atom is 0.244 e. The first-order valence-electron chi connectivity index (χ1n) is 3.96. The lowest BCUT2D eigenvalue weighted by Crippen LogP contribution is -2.18. The highest BCUT2D eigenvalue weighted by atomic mass is 16.1. The highest BCUT2D eigenvalue weighted by Crippen LogP contribution is 2.11. The van der Waals surface area contributed by atoms with Gasteiger partial charge in [0, 0.05) is 5.57 Å². The minimum Gasteiger partial charge on any atom is -0.366 e. The first-order chi connectivity index (χ1) is 4.95. The van der Waals surface area contributed by atoms with E-state index in [0.29, 0.717) is 5.92 Å². The van der Waals surface area contributed by atoms with Gasteiger partial charge >= 0.3 is 0 Å². The summed E-state index contributed by atoms with van der Waals surface area (Å²) >= 11 is 0. The minimum absolute atomic E-state index is 0.231. The number of rotatable bonds is 3. The molecule has 0 atom stereocenters. The molecule has 2 heteroatoms. The predicted octanol–water partition coefficient (Wildman–Crippen LogP) is 1.71. The van der Waals surface area contributed by atoms with Gasteiger partial charge in [-0.05, 0) is 11.8 Å². The summed E-state index contributed by atoms with van der Waals surface area (Å²) in [6.45, 7) is 8.01. The van der Waals surface area contributed by atoms with Crippen molar-refractivity contribution in [3.63, 3.8) is 0 Å². The molecular weight excluding hydrogens is 138 g/mol. The molecule has 1 amide bonds. The van der Waals surface area contributed by atoms with Gasteiger partial charge in [-0.2, -0.15) is 0 Å². The number of hydrogen-bond acceptors (Lipinski definition) is 1. The Hall–Kier alpha value is -0.790. The van der Waals surface area contributed by atoms with Crippen LogP contribution in [0.4, 0.5) is 0 Å². The summed E-state index contributed by atoms with van der Waals surface area (Å²) in [6.07, 6.45) is 1.92. The molecule has 0 saturated carbocycles. The maximum atomic E-state index is 10.8. The van der Waals surface area contributed by atoms with Crippen molar-refractivity contribution in [2.45, 2.75) is 27.7 Å². The third-order valence-corrected chi connectivity index (χ3v) is 1.42. The van der Waals surface area contributed by atoms with Gasteiger partial charge in [-0.1, -0.05) is 33.8 Å². The normalized spacial score (nSPS) is 12.7. The second kappa shape index (κ2) is 4.16. The Bertz CT molecular complexity index is 168. The van der Waals surface area contributed by atoms with Crippen molar-refractivity contribution in [2.24, 2.45) is 17.6 Å². The Morgan fingerprint density at radius 2 is 1.73 bits per heavy atom. The summed E-state index contributed by atoms with van der Waals surface area (Å²) < 4.78 is 0. The number of amides is 1. The molecule has 2 nitrogen and oxygen atoms in total. The highest BCUT2D eigenvalue weighted by molar-refractivity contribution is 5.92. The molecule has 0 aliphatic rings. The van der Waals surface area contributed by atoms with Crippen molar-refractivity contribution in [3.8, 4) is 0 Å². The van der Waals surface area contributed by atoms with Gasteiger partial charge in [-0.3, -0.25) is 4.79 Å². The number of primary amides is 1. The molecule has 0 radical (unpaired) electrons. The summed E-state index contributed by atoms with van der Waals surface area (Å²) in [6, 6.07) is 0. The van der Waals surface area contributed by atoms with E-state index in [2.05, 4.69) is 0 Å². The zero-order chi connectivity index (χ0) is 9.02. The van der Waals surface area contributed by atoms with Crippen LogP contribution in [-0.4, -0.2) is 5.91 Å². The third kappa shape index (κ3) is 3.81. The monoisotopic (exact) mass is 155 g/mol. The van der Waals surface area contributed by atoms with Crippen LogP contribution in [0.3, 0.4) is 0 Å². The Morgan fingerprint density at radius 3 is 1.82 bits per heavy atom. The summed E-state index contributed by atoms with van der Waals surface area (Å²) in [5, 5.41) is 0. The SMILES string of the molecule is CC(C)/C=C(\C(N)=O)C(C)C. The van der Waals surface area contributed by atoms with E-state index in [1.165, 1.54) is 0 Å². The largest absolute Gasteiger partial charge is 0.366 e. The average molecular weight is 155 g/mol. The third-order valence-electron chi connectivity index (χ3n) is 1.42. The average Bonchev–Trinajstić information content (AvgIpc) is 1.81. The van der Waals surface area contributed by atoms with E-state index in [1.54, 1.807) is 0 Å². The smallest absolute Gasteiger partial charge is 0.244 e. The van der Waals surface area contributed by atoms with Crippen LogP contribution in [0.1, 0.15) is 27.7 Å². The minimum atomic E-state index is -0.297. The molecule has 0 rings (SSSR count). The van der Waals surface area contributed by atoms with Crippen LogP contribution in [0, 0.1) is 11.8 Å². The maximum absolute atomic E-state index is 10.8. The van der Waals surface area contributed by atoms with Gasteiger partial charge in [0.25, 0.3) is 0 Å². The lowest BCUT2D eigenvalue weighted by Gasteiger charge is -2.08. The fourth-order valence-corrected chi connectivity index (χ4v) is 0.918. The molecule has 0 heterocycles. The quantitative estimate of drug-likeness (QED) is 0.619. The van der Waals surface area contributed by atoms with Crippen LogP contribution < -0.4 is 5.73 Å². The van der Waals surface area contributed by atoms with Gasteiger partial charge in [-0.25, -0.2) is 0 Å². The van der Waals surface area contributed by atoms with E-state index in [-0.39, 0.29) is 11.8 Å². The molecule has 64 valence electrons. The predicted molar refractivity (Wildman–Crippen MR) is 47.0 cm³/mol. The molecule has 2 N–H and O–H groups in total. The molecule has 0 saturated heterocycles. The van der Waals surface area contributed by atoms with Crippen LogP contribution in [0.2, 0.25) is 0 Å². The molecule has 11 heavy (non-hydrogen) atoms. The van der Waals surface area contributed by atoms with Gasteiger partial charge in [0.15, 0.2) is 0 Å². The molecule has 0 aromatic carbocycles. The van der Waals surface area contributed by atoms with Gasteiger partial charge in [0.1, 0.15) is 0 Å². The molecule has 0 fully saturated rings. The molecule has 0 unspecified atom stereocenters. The molecule has 0 aliphatic carbocycles. The second-order valence-corrected chi connectivity index (χ2v) is 3.38. The van der Waals surface area contributed by atoms with Gasteiger partial charge in [0.05, 0.1) is 0 Å². The van der Waals surface area contributed by atoms with E-state index in [0.717, 1.165) is 5.57 Å². The molecule has 0 aromatic rings. The molecular formula is C9H17NO. The summed E-state index contributed by atoms with van der Waals surface area (Å²) in [4.78, 5) is 10.8.